The Balaban J connectivity index is 1.36. The summed E-state index contributed by atoms with van der Waals surface area (Å²) in [6, 6.07) is 15.4. The highest BCUT2D eigenvalue weighted by molar-refractivity contribution is 5.85. The molecule has 0 bridgehead atoms. The molecular weight excluding hydrogens is 444 g/mol. The number of benzene rings is 2. The highest BCUT2D eigenvalue weighted by Gasteiger charge is 2.30. The molecule has 0 aromatic heterocycles. The van der Waals surface area contributed by atoms with Crippen molar-refractivity contribution >= 4 is 18.0 Å². The first-order valence-electron chi connectivity index (χ1n) is 12.6. The Morgan fingerprint density at radius 1 is 1.00 bits per heavy atom. The van der Waals surface area contributed by atoms with E-state index in [0.717, 1.165) is 47.9 Å². The van der Waals surface area contributed by atoms with E-state index >= 15 is 0 Å². The van der Waals surface area contributed by atoms with Crippen LogP contribution in [0, 0.1) is 11.8 Å². The predicted octanol–water partition coefficient (Wildman–Crippen LogP) is 4.70. The van der Waals surface area contributed by atoms with Gasteiger partial charge in [0, 0.05) is 12.5 Å². The average molecular weight is 479 g/mol. The zero-order chi connectivity index (χ0) is 24.8. The average Bonchev–Trinajstić information content (AvgIpc) is 3.49. The van der Waals surface area contributed by atoms with Gasteiger partial charge in [0.05, 0.1) is 5.92 Å². The number of carbonyl (C=O) groups is 3. The Morgan fingerprint density at radius 2 is 1.60 bits per heavy atom. The van der Waals surface area contributed by atoms with E-state index in [-0.39, 0.29) is 25.0 Å². The van der Waals surface area contributed by atoms with Crippen molar-refractivity contribution < 1.29 is 24.2 Å². The van der Waals surface area contributed by atoms with Crippen LogP contribution in [0.4, 0.5) is 4.79 Å². The number of carboxylic acids is 1. The van der Waals surface area contributed by atoms with Crippen LogP contribution in [0.15, 0.2) is 48.5 Å². The monoisotopic (exact) mass is 478 g/mol. The molecule has 2 aromatic rings. The second-order valence-corrected chi connectivity index (χ2v) is 9.60. The molecule has 2 aromatic carbocycles. The summed E-state index contributed by atoms with van der Waals surface area (Å²) in [6.07, 6.45) is 4.77. The van der Waals surface area contributed by atoms with Crippen molar-refractivity contribution in [3.8, 4) is 11.1 Å². The number of rotatable bonds is 10. The number of carbonyl (C=O) groups excluding carboxylic acids is 2. The van der Waals surface area contributed by atoms with Crippen LogP contribution >= 0.6 is 0 Å². The lowest BCUT2D eigenvalue weighted by atomic mass is 9.92. The van der Waals surface area contributed by atoms with Crippen molar-refractivity contribution in [2.45, 2.75) is 57.4 Å². The number of fused-ring (bicyclic) bond motifs is 3. The molecule has 0 spiro atoms. The van der Waals surface area contributed by atoms with Crippen LogP contribution in [0.1, 0.15) is 62.5 Å². The predicted molar refractivity (Wildman–Crippen MR) is 133 cm³/mol. The van der Waals surface area contributed by atoms with Gasteiger partial charge in [0.25, 0.3) is 0 Å². The lowest BCUT2D eigenvalue weighted by molar-refractivity contribution is -0.142. The summed E-state index contributed by atoms with van der Waals surface area (Å²) >= 11 is 0. The zero-order valence-electron chi connectivity index (χ0n) is 20.2. The lowest BCUT2D eigenvalue weighted by Crippen LogP contribution is -2.46. The maximum absolute atomic E-state index is 12.9. The summed E-state index contributed by atoms with van der Waals surface area (Å²) in [5, 5.41) is 14.7. The van der Waals surface area contributed by atoms with E-state index in [0.29, 0.717) is 18.8 Å². The molecule has 2 aliphatic rings. The quantitative estimate of drug-likeness (QED) is 0.459. The minimum absolute atomic E-state index is 0.0355. The highest BCUT2D eigenvalue weighted by atomic mass is 16.5. The van der Waals surface area contributed by atoms with Crippen molar-refractivity contribution in [1.82, 2.24) is 10.6 Å². The van der Waals surface area contributed by atoms with Crippen molar-refractivity contribution in [2.24, 2.45) is 11.8 Å². The van der Waals surface area contributed by atoms with Gasteiger partial charge in [-0.05, 0) is 41.0 Å². The fourth-order valence-corrected chi connectivity index (χ4v) is 5.42. The van der Waals surface area contributed by atoms with Gasteiger partial charge in [-0.3, -0.25) is 4.79 Å². The smallest absolute Gasteiger partial charge is 0.407 e. The normalized spacial score (nSPS) is 16.7. The van der Waals surface area contributed by atoms with Gasteiger partial charge >= 0.3 is 12.1 Å². The third kappa shape index (κ3) is 5.84. The fraction of sp³-hybridized carbons (Fsp3) is 0.464. The van der Waals surface area contributed by atoms with Crippen LogP contribution in [-0.2, 0) is 14.3 Å². The Labute approximate surface area is 206 Å². The van der Waals surface area contributed by atoms with E-state index in [2.05, 4.69) is 34.9 Å². The number of aliphatic carboxylic acids is 1. The Morgan fingerprint density at radius 3 is 2.17 bits per heavy atom. The lowest BCUT2D eigenvalue weighted by Gasteiger charge is -2.23. The third-order valence-corrected chi connectivity index (χ3v) is 7.32. The Bertz CT molecular complexity index is 1020. The molecule has 186 valence electrons. The molecule has 3 N–H and O–H groups in total. The molecule has 0 radical (unpaired) electrons. The van der Waals surface area contributed by atoms with Crippen LogP contribution in [0.25, 0.3) is 11.1 Å². The molecule has 2 amide bonds. The zero-order valence-corrected chi connectivity index (χ0v) is 20.2. The first kappa shape index (κ1) is 24.8. The molecule has 0 saturated heterocycles. The molecule has 1 fully saturated rings. The first-order chi connectivity index (χ1) is 17.0. The van der Waals surface area contributed by atoms with E-state index in [1.165, 1.54) is 0 Å². The number of nitrogens with one attached hydrogen (secondary N) is 2. The molecule has 2 aliphatic carbocycles. The summed E-state index contributed by atoms with van der Waals surface area (Å²) in [5.74, 6) is -1.49. The van der Waals surface area contributed by atoms with Crippen LogP contribution < -0.4 is 10.6 Å². The Kier molecular flexibility index (Phi) is 8.06. The largest absolute Gasteiger partial charge is 0.480 e. The van der Waals surface area contributed by atoms with E-state index in [1.807, 2.05) is 24.3 Å². The highest BCUT2D eigenvalue weighted by Crippen LogP contribution is 2.44. The minimum Gasteiger partial charge on any atom is -0.480 e. The van der Waals surface area contributed by atoms with Gasteiger partial charge in [0.2, 0.25) is 5.91 Å². The number of amides is 2. The van der Waals surface area contributed by atoms with E-state index in [9.17, 15) is 19.5 Å². The fourth-order valence-electron chi connectivity index (χ4n) is 5.42. The van der Waals surface area contributed by atoms with Gasteiger partial charge in [0.15, 0.2) is 0 Å². The van der Waals surface area contributed by atoms with E-state index in [4.69, 9.17) is 4.74 Å². The van der Waals surface area contributed by atoms with Gasteiger partial charge in [-0.25, -0.2) is 9.59 Å². The molecule has 2 atom stereocenters. The molecule has 35 heavy (non-hydrogen) atoms. The number of alkyl carbamates (subject to hydrolysis) is 1. The number of carboxylic acid groups (broad SMARTS) is 1. The minimum atomic E-state index is -1.05. The second kappa shape index (κ2) is 11.4. The summed E-state index contributed by atoms with van der Waals surface area (Å²) < 4.78 is 5.60. The third-order valence-electron chi connectivity index (χ3n) is 7.32. The molecular formula is C28H34N2O5. The molecule has 7 nitrogen and oxygen atoms in total. The molecule has 0 heterocycles. The number of ether oxygens (including phenoxy) is 1. The van der Waals surface area contributed by atoms with Crippen molar-refractivity contribution in [2.75, 3.05) is 13.2 Å². The van der Waals surface area contributed by atoms with Gasteiger partial charge in [0.1, 0.15) is 12.6 Å². The van der Waals surface area contributed by atoms with Crippen LogP contribution in [0.3, 0.4) is 0 Å². The topological polar surface area (TPSA) is 105 Å². The van der Waals surface area contributed by atoms with Gasteiger partial charge in [-0.15, -0.1) is 0 Å². The van der Waals surface area contributed by atoms with E-state index < -0.39 is 24.0 Å². The molecule has 0 aliphatic heterocycles. The van der Waals surface area contributed by atoms with Crippen molar-refractivity contribution in [3.63, 3.8) is 0 Å². The molecule has 2 unspecified atom stereocenters. The summed E-state index contributed by atoms with van der Waals surface area (Å²) in [7, 11) is 0. The van der Waals surface area contributed by atoms with E-state index in [1.54, 1.807) is 6.92 Å². The standard InChI is InChI=1S/C28H34N2O5/c1-2-25(27(32)33)30-26(31)19(15-18-9-3-4-10-18)16-29-28(34)35-17-24-22-13-7-5-11-20(22)21-12-6-8-14-23(21)24/h5-8,11-14,18-19,24-25H,2-4,9-10,15-17H2,1H3,(H,29,34)(H,30,31)(H,32,33). The molecule has 7 heteroatoms. The van der Waals surface area contributed by atoms with Crippen molar-refractivity contribution in [1.29, 1.82) is 0 Å². The first-order valence-corrected chi connectivity index (χ1v) is 12.6. The number of hydrogen-bond donors (Lipinski definition) is 3. The second-order valence-electron chi connectivity index (χ2n) is 9.60. The number of hydrogen-bond acceptors (Lipinski definition) is 4. The summed E-state index contributed by atoms with van der Waals surface area (Å²) in [4.78, 5) is 36.9. The Hall–Kier alpha value is -3.35. The van der Waals surface area contributed by atoms with Crippen molar-refractivity contribution in [3.05, 3.63) is 59.7 Å². The molecule has 4 rings (SSSR count). The molecule has 1 saturated carbocycles. The van der Waals surface area contributed by atoms with Crippen LogP contribution in [0.2, 0.25) is 0 Å². The summed E-state index contributed by atoms with van der Waals surface area (Å²) in [5.41, 5.74) is 4.60. The summed E-state index contributed by atoms with van der Waals surface area (Å²) in [6.45, 7) is 2.05. The van der Waals surface area contributed by atoms with Gasteiger partial charge in [-0.2, -0.15) is 0 Å². The van der Waals surface area contributed by atoms with Gasteiger partial charge < -0.3 is 20.5 Å². The maximum Gasteiger partial charge on any atom is 0.407 e. The van der Waals surface area contributed by atoms with Crippen LogP contribution in [0.5, 0.6) is 0 Å². The van der Waals surface area contributed by atoms with Gasteiger partial charge in [-0.1, -0.05) is 81.1 Å². The maximum atomic E-state index is 12.9. The SMILES string of the molecule is CCC(NC(=O)C(CNC(=O)OCC1c2ccccc2-c2ccccc21)CC1CCCC1)C(=O)O. The van der Waals surface area contributed by atoms with Crippen LogP contribution in [-0.4, -0.2) is 42.3 Å².